The molecule has 1 atom stereocenters. The lowest BCUT2D eigenvalue weighted by atomic mass is 9.94. The van der Waals surface area contributed by atoms with E-state index in [9.17, 15) is 9.90 Å². The number of carboxylic acid groups (broad SMARTS) is 1. The first kappa shape index (κ1) is 16.5. The highest BCUT2D eigenvalue weighted by molar-refractivity contribution is 5.70. The summed E-state index contributed by atoms with van der Waals surface area (Å²) in [5.41, 5.74) is 6.45. The predicted molar refractivity (Wildman–Crippen MR) is 80.0 cm³/mol. The molecule has 1 unspecified atom stereocenters. The standard InChI is InChI=1S/C16H25NO3/c1-2-3-5-14(16(18)19)12-13-6-8-15(9-7-13)20-11-4-10-17/h6-9,14H,2-5,10-12,17H2,1H3,(H,18,19). The van der Waals surface area contributed by atoms with Crippen LogP contribution in [0.1, 0.15) is 38.2 Å². The van der Waals surface area contributed by atoms with E-state index in [0.717, 1.165) is 37.0 Å². The highest BCUT2D eigenvalue weighted by Crippen LogP contribution is 2.18. The zero-order valence-corrected chi connectivity index (χ0v) is 12.2. The second-order valence-electron chi connectivity index (χ2n) is 5.02. The van der Waals surface area contributed by atoms with Gasteiger partial charge in [0.2, 0.25) is 0 Å². The van der Waals surface area contributed by atoms with Crippen molar-refractivity contribution in [3.05, 3.63) is 29.8 Å². The first-order chi connectivity index (χ1) is 9.67. The first-order valence-electron chi connectivity index (χ1n) is 7.32. The third kappa shape index (κ3) is 6.06. The fraction of sp³-hybridized carbons (Fsp3) is 0.562. The van der Waals surface area contributed by atoms with Crippen molar-refractivity contribution in [3.8, 4) is 5.75 Å². The molecule has 1 aromatic rings. The van der Waals surface area contributed by atoms with Gasteiger partial charge in [0, 0.05) is 0 Å². The number of ether oxygens (including phenoxy) is 1. The Morgan fingerprint density at radius 1 is 1.30 bits per heavy atom. The third-order valence-corrected chi connectivity index (χ3v) is 3.28. The molecule has 0 aliphatic carbocycles. The lowest BCUT2D eigenvalue weighted by molar-refractivity contribution is -0.141. The molecule has 4 nitrogen and oxygen atoms in total. The molecule has 0 saturated carbocycles. The van der Waals surface area contributed by atoms with Crippen LogP contribution in [-0.4, -0.2) is 24.2 Å². The molecular formula is C16H25NO3. The van der Waals surface area contributed by atoms with E-state index in [1.54, 1.807) is 0 Å². The Labute approximate surface area is 120 Å². The fourth-order valence-corrected chi connectivity index (χ4v) is 2.04. The van der Waals surface area contributed by atoms with Crippen molar-refractivity contribution in [2.45, 2.75) is 39.0 Å². The highest BCUT2D eigenvalue weighted by atomic mass is 16.5. The molecule has 1 aromatic carbocycles. The molecule has 0 spiro atoms. The molecule has 0 amide bonds. The smallest absolute Gasteiger partial charge is 0.306 e. The molecule has 1 rings (SSSR count). The van der Waals surface area contributed by atoms with Gasteiger partial charge in [0.05, 0.1) is 12.5 Å². The van der Waals surface area contributed by atoms with Crippen molar-refractivity contribution >= 4 is 5.97 Å². The maximum Gasteiger partial charge on any atom is 0.306 e. The maximum atomic E-state index is 11.2. The number of unbranched alkanes of at least 4 members (excludes halogenated alkanes) is 1. The van der Waals surface area contributed by atoms with E-state index in [1.165, 1.54) is 0 Å². The second-order valence-corrected chi connectivity index (χ2v) is 5.02. The zero-order valence-electron chi connectivity index (χ0n) is 12.2. The van der Waals surface area contributed by atoms with Crippen molar-refractivity contribution < 1.29 is 14.6 Å². The van der Waals surface area contributed by atoms with Gasteiger partial charge in [-0.3, -0.25) is 4.79 Å². The molecule has 0 aliphatic heterocycles. The Balaban J connectivity index is 2.51. The molecule has 0 aliphatic rings. The van der Waals surface area contributed by atoms with Crippen LogP contribution in [0.25, 0.3) is 0 Å². The molecule has 112 valence electrons. The minimum absolute atomic E-state index is 0.293. The van der Waals surface area contributed by atoms with Crippen molar-refractivity contribution in [1.29, 1.82) is 0 Å². The summed E-state index contributed by atoms with van der Waals surface area (Å²) >= 11 is 0. The molecule has 0 fully saturated rings. The van der Waals surface area contributed by atoms with E-state index >= 15 is 0 Å². The lowest BCUT2D eigenvalue weighted by Crippen LogP contribution is -2.16. The number of benzene rings is 1. The summed E-state index contributed by atoms with van der Waals surface area (Å²) in [6.07, 6.45) is 4.13. The lowest BCUT2D eigenvalue weighted by Gasteiger charge is -2.12. The van der Waals surface area contributed by atoms with Crippen LogP contribution in [0.3, 0.4) is 0 Å². The number of nitrogens with two attached hydrogens (primary N) is 1. The summed E-state index contributed by atoms with van der Waals surface area (Å²) in [4.78, 5) is 11.2. The van der Waals surface area contributed by atoms with E-state index in [4.69, 9.17) is 10.5 Å². The third-order valence-electron chi connectivity index (χ3n) is 3.28. The molecule has 20 heavy (non-hydrogen) atoms. The number of carbonyl (C=O) groups is 1. The first-order valence-corrected chi connectivity index (χ1v) is 7.32. The fourth-order valence-electron chi connectivity index (χ4n) is 2.04. The van der Waals surface area contributed by atoms with Gasteiger partial charge in [0.25, 0.3) is 0 Å². The molecule has 3 N–H and O–H groups in total. The normalized spacial score (nSPS) is 12.1. The van der Waals surface area contributed by atoms with E-state index in [2.05, 4.69) is 6.92 Å². The van der Waals surface area contributed by atoms with Gasteiger partial charge in [-0.25, -0.2) is 0 Å². The Hall–Kier alpha value is -1.55. The maximum absolute atomic E-state index is 11.2. The molecular weight excluding hydrogens is 254 g/mol. The average Bonchev–Trinajstić information content (AvgIpc) is 2.45. The van der Waals surface area contributed by atoms with Gasteiger partial charge in [0.1, 0.15) is 5.75 Å². The van der Waals surface area contributed by atoms with Crippen molar-refractivity contribution in [2.24, 2.45) is 11.7 Å². The van der Waals surface area contributed by atoms with Crippen molar-refractivity contribution in [3.63, 3.8) is 0 Å². The number of rotatable bonds is 10. The van der Waals surface area contributed by atoms with Gasteiger partial charge in [0.15, 0.2) is 0 Å². The highest BCUT2D eigenvalue weighted by Gasteiger charge is 2.17. The van der Waals surface area contributed by atoms with Gasteiger partial charge in [-0.2, -0.15) is 0 Å². The van der Waals surface area contributed by atoms with Gasteiger partial charge in [-0.1, -0.05) is 31.9 Å². The summed E-state index contributed by atoms with van der Waals surface area (Å²) in [5, 5.41) is 9.22. The van der Waals surface area contributed by atoms with Crippen LogP contribution in [0, 0.1) is 5.92 Å². The summed E-state index contributed by atoms with van der Waals surface area (Å²) in [6.45, 7) is 3.31. The summed E-state index contributed by atoms with van der Waals surface area (Å²) < 4.78 is 5.52. The van der Waals surface area contributed by atoms with Crippen LogP contribution in [0.15, 0.2) is 24.3 Å². The van der Waals surface area contributed by atoms with Crippen LogP contribution >= 0.6 is 0 Å². The average molecular weight is 279 g/mol. The summed E-state index contributed by atoms with van der Waals surface area (Å²) in [7, 11) is 0. The van der Waals surface area contributed by atoms with Gasteiger partial charge < -0.3 is 15.6 Å². The monoisotopic (exact) mass is 279 g/mol. The SMILES string of the molecule is CCCCC(Cc1ccc(OCCCN)cc1)C(=O)O. The van der Waals surface area contributed by atoms with E-state index in [1.807, 2.05) is 24.3 Å². The van der Waals surface area contributed by atoms with Crippen molar-refractivity contribution in [1.82, 2.24) is 0 Å². The Bertz CT molecular complexity index is 389. The van der Waals surface area contributed by atoms with Crippen LogP contribution in [0.2, 0.25) is 0 Å². The number of aliphatic carboxylic acids is 1. The van der Waals surface area contributed by atoms with E-state index in [-0.39, 0.29) is 5.92 Å². The van der Waals surface area contributed by atoms with Crippen LogP contribution in [0.5, 0.6) is 5.75 Å². The molecule has 4 heteroatoms. The Morgan fingerprint density at radius 2 is 2.00 bits per heavy atom. The molecule has 0 bridgehead atoms. The minimum Gasteiger partial charge on any atom is -0.494 e. The largest absolute Gasteiger partial charge is 0.494 e. The molecule has 0 radical (unpaired) electrons. The summed E-state index contributed by atoms with van der Waals surface area (Å²) in [6, 6.07) is 7.68. The summed E-state index contributed by atoms with van der Waals surface area (Å²) in [5.74, 6) is -0.191. The quantitative estimate of drug-likeness (QED) is 0.646. The molecule has 0 aromatic heterocycles. The number of hydrogen-bond acceptors (Lipinski definition) is 3. The van der Waals surface area contributed by atoms with Gasteiger partial charge in [-0.05, 0) is 43.5 Å². The Morgan fingerprint density at radius 3 is 2.55 bits per heavy atom. The van der Waals surface area contributed by atoms with Gasteiger partial charge in [-0.15, -0.1) is 0 Å². The Kier molecular flexibility index (Phi) is 7.73. The van der Waals surface area contributed by atoms with Crippen molar-refractivity contribution in [2.75, 3.05) is 13.2 Å². The van der Waals surface area contributed by atoms with E-state index < -0.39 is 5.97 Å². The molecule has 0 heterocycles. The topological polar surface area (TPSA) is 72.5 Å². The number of hydrogen-bond donors (Lipinski definition) is 2. The second kappa shape index (κ2) is 9.37. The van der Waals surface area contributed by atoms with Gasteiger partial charge >= 0.3 is 5.97 Å². The van der Waals surface area contributed by atoms with Crippen LogP contribution < -0.4 is 10.5 Å². The van der Waals surface area contributed by atoms with Crippen LogP contribution in [0.4, 0.5) is 0 Å². The molecule has 0 saturated heterocycles. The number of carboxylic acids is 1. The van der Waals surface area contributed by atoms with Crippen LogP contribution in [-0.2, 0) is 11.2 Å². The minimum atomic E-state index is -0.707. The predicted octanol–water partition coefficient (Wildman–Crippen LogP) is 2.85. The van der Waals surface area contributed by atoms with E-state index in [0.29, 0.717) is 19.6 Å². The zero-order chi connectivity index (χ0) is 14.8.